The molecule has 0 saturated heterocycles. The summed E-state index contributed by atoms with van der Waals surface area (Å²) in [6, 6.07) is 1.80. The quantitative estimate of drug-likeness (QED) is 0.636. The van der Waals surface area contributed by atoms with Crippen molar-refractivity contribution in [2.45, 2.75) is 0 Å². The van der Waals surface area contributed by atoms with Crippen LogP contribution in [0.25, 0.3) is 11.4 Å². The highest BCUT2D eigenvalue weighted by Gasteiger charge is 2.03. The van der Waals surface area contributed by atoms with Crippen molar-refractivity contribution >= 4 is 5.69 Å². The van der Waals surface area contributed by atoms with Gasteiger partial charge >= 0.3 is 0 Å². The largest absolute Gasteiger partial charge is 0.396 e. The Hall–Kier alpha value is -1.91. The van der Waals surface area contributed by atoms with E-state index in [4.69, 9.17) is 5.73 Å². The van der Waals surface area contributed by atoms with E-state index in [9.17, 15) is 0 Å². The van der Waals surface area contributed by atoms with Gasteiger partial charge in [0.05, 0.1) is 17.6 Å². The van der Waals surface area contributed by atoms with Crippen LogP contribution in [0.15, 0.2) is 24.8 Å². The molecule has 5 heteroatoms. The third kappa shape index (κ3) is 1.01. The molecule has 3 N–H and O–H groups in total. The van der Waals surface area contributed by atoms with Crippen LogP contribution in [0.5, 0.6) is 0 Å². The minimum Gasteiger partial charge on any atom is -0.396 e. The molecule has 5 nitrogen and oxygen atoms in total. The molecule has 0 fully saturated rings. The molecule has 0 aliphatic rings. The zero-order valence-electron chi connectivity index (χ0n) is 6.23. The molecule has 12 heavy (non-hydrogen) atoms. The fourth-order valence-corrected chi connectivity index (χ4v) is 0.953. The van der Waals surface area contributed by atoms with Gasteiger partial charge in [-0.2, -0.15) is 5.10 Å². The van der Waals surface area contributed by atoms with E-state index in [0.29, 0.717) is 11.4 Å². The van der Waals surface area contributed by atoms with Crippen LogP contribution in [0.2, 0.25) is 0 Å². The Bertz CT molecular complexity index is 367. The average Bonchev–Trinajstić information content (AvgIpc) is 2.57. The van der Waals surface area contributed by atoms with Crippen molar-refractivity contribution in [2.24, 2.45) is 0 Å². The number of H-pyrrole nitrogens is 1. The van der Waals surface area contributed by atoms with Crippen LogP contribution in [0.1, 0.15) is 0 Å². The number of rotatable bonds is 1. The Balaban J connectivity index is 2.55. The van der Waals surface area contributed by atoms with E-state index in [1.54, 1.807) is 18.5 Å². The summed E-state index contributed by atoms with van der Waals surface area (Å²) in [5.74, 6) is 0. The first kappa shape index (κ1) is 6.78. The number of anilines is 1. The van der Waals surface area contributed by atoms with Crippen molar-refractivity contribution in [3.8, 4) is 11.4 Å². The van der Waals surface area contributed by atoms with Crippen LogP contribution in [0.3, 0.4) is 0 Å². The summed E-state index contributed by atoms with van der Waals surface area (Å²) < 4.78 is 0. The Labute approximate surface area is 68.7 Å². The maximum absolute atomic E-state index is 5.64. The van der Waals surface area contributed by atoms with Gasteiger partial charge in [0, 0.05) is 6.20 Å². The van der Waals surface area contributed by atoms with Crippen LogP contribution in [-0.4, -0.2) is 20.2 Å². The second kappa shape index (κ2) is 2.61. The highest BCUT2D eigenvalue weighted by molar-refractivity contribution is 5.67. The molecule has 0 bridgehead atoms. The van der Waals surface area contributed by atoms with Gasteiger partial charge in [-0.15, -0.1) is 0 Å². The van der Waals surface area contributed by atoms with Gasteiger partial charge in [-0.05, 0) is 6.07 Å². The average molecular weight is 161 g/mol. The molecule has 60 valence electrons. The Morgan fingerprint density at radius 1 is 1.42 bits per heavy atom. The molecule has 2 heterocycles. The number of hydrogen-bond donors (Lipinski definition) is 2. The first-order chi connectivity index (χ1) is 5.88. The minimum absolute atomic E-state index is 0.543. The van der Waals surface area contributed by atoms with E-state index in [1.807, 2.05) is 0 Å². The van der Waals surface area contributed by atoms with E-state index >= 15 is 0 Å². The molecule has 0 aromatic carbocycles. The van der Waals surface area contributed by atoms with E-state index in [0.717, 1.165) is 5.69 Å². The molecule has 0 amide bonds. The van der Waals surface area contributed by atoms with Crippen molar-refractivity contribution in [1.29, 1.82) is 0 Å². The number of nitrogens with one attached hydrogen (secondary N) is 1. The molecule has 2 rings (SSSR count). The second-order valence-corrected chi connectivity index (χ2v) is 2.30. The lowest BCUT2D eigenvalue weighted by atomic mass is 10.3. The highest BCUT2D eigenvalue weighted by Crippen LogP contribution is 2.18. The Kier molecular flexibility index (Phi) is 1.48. The predicted octanol–water partition coefficient (Wildman–Crippen LogP) is 0.449. The van der Waals surface area contributed by atoms with Crippen molar-refractivity contribution < 1.29 is 0 Å². The summed E-state index contributed by atoms with van der Waals surface area (Å²) in [4.78, 5) is 7.80. The molecule has 0 radical (unpaired) electrons. The standard InChI is InChI=1S/C7H7N5/c8-5-3-9-4-10-7(5)6-1-2-11-12-6/h1-4H,8H2,(H,11,12). The summed E-state index contributed by atoms with van der Waals surface area (Å²) in [5.41, 5.74) is 7.67. The normalized spacial score (nSPS) is 10.0. The highest BCUT2D eigenvalue weighted by atomic mass is 15.1. The van der Waals surface area contributed by atoms with E-state index in [-0.39, 0.29) is 0 Å². The molecule has 2 aromatic rings. The van der Waals surface area contributed by atoms with Gasteiger partial charge in [-0.25, -0.2) is 9.97 Å². The van der Waals surface area contributed by atoms with Crippen LogP contribution in [0.4, 0.5) is 5.69 Å². The zero-order chi connectivity index (χ0) is 8.39. The molecule has 0 aliphatic carbocycles. The van der Waals surface area contributed by atoms with Gasteiger partial charge in [0.2, 0.25) is 0 Å². The van der Waals surface area contributed by atoms with E-state index in [1.165, 1.54) is 6.33 Å². The van der Waals surface area contributed by atoms with Gasteiger partial charge in [0.1, 0.15) is 12.0 Å². The Morgan fingerprint density at radius 2 is 2.33 bits per heavy atom. The third-order valence-corrected chi connectivity index (χ3v) is 1.50. The molecule has 0 spiro atoms. The number of hydrogen-bond acceptors (Lipinski definition) is 4. The van der Waals surface area contributed by atoms with E-state index < -0.39 is 0 Å². The monoisotopic (exact) mass is 161 g/mol. The molecular weight excluding hydrogens is 154 g/mol. The molecule has 0 atom stereocenters. The van der Waals surface area contributed by atoms with Crippen LogP contribution >= 0.6 is 0 Å². The van der Waals surface area contributed by atoms with Crippen molar-refractivity contribution in [2.75, 3.05) is 5.73 Å². The van der Waals surface area contributed by atoms with Crippen LogP contribution in [-0.2, 0) is 0 Å². The molecule has 2 aromatic heterocycles. The molecule has 0 saturated carbocycles. The summed E-state index contributed by atoms with van der Waals surface area (Å²) in [6.45, 7) is 0. The van der Waals surface area contributed by atoms with Gasteiger partial charge in [0.15, 0.2) is 0 Å². The topological polar surface area (TPSA) is 80.5 Å². The van der Waals surface area contributed by atoms with Crippen molar-refractivity contribution in [3.05, 3.63) is 24.8 Å². The minimum atomic E-state index is 0.543. The lowest BCUT2D eigenvalue weighted by Gasteiger charge is -1.98. The third-order valence-electron chi connectivity index (χ3n) is 1.50. The predicted molar refractivity (Wildman–Crippen MR) is 44.0 cm³/mol. The first-order valence-corrected chi connectivity index (χ1v) is 3.43. The fourth-order valence-electron chi connectivity index (χ4n) is 0.953. The van der Waals surface area contributed by atoms with Crippen molar-refractivity contribution in [3.63, 3.8) is 0 Å². The van der Waals surface area contributed by atoms with Gasteiger partial charge in [-0.1, -0.05) is 0 Å². The SMILES string of the molecule is Nc1cncnc1-c1ccn[nH]1. The smallest absolute Gasteiger partial charge is 0.116 e. The van der Waals surface area contributed by atoms with Gasteiger partial charge < -0.3 is 5.73 Å². The molecular formula is C7H7N5. The van der Waals surface area contributed by atoms with Crippen LogP contribution in [0, 0.1) is 0 Å². The molecule has 0 unspecified atom stereocenters. The lowest BCUT2D eigenvalue weighted by Crippen LogP contribution is -1.94. The lowest BCUT2D eigenvalue weighted by molar-refractivity contribution is 1.08. The second-order valence-electron chi connectivity index (χ2n) is 2.30. The summed E-state index contributed by atoms with van der Waals surface area (Å²) in [7, 11) is 0. The van der Waals surface area contributed by atoms with E-state index in [2.05, 4.69) is 20.2 Å². The maximum atomic E-state index is 5.64. The van der Waals surface area contributed by atoms with Crippen molar-refractivity contribution in [1.82, 2.24) is 20.2 Å². The number of nitrogens with zero attached hydrogens (tertiary/aromatic N) is 3. The summed E-state index contributed by atoms with van der Waals surface area (Å²) in [5, 5.41) is 6.57. The Morgan fingerprint density at radius 3 is 3.00 bits per heavy atom. The number of nitrogen functional groups attached to an aromatic ring is 1. The maximum Gasteiger partial charge on any atom is 0.116 e. The van der Waals surface area contributed by atoms with Gasteiger partial charge in [0.25, 0.3) is 0 Å². The summed E-state index contributed by atoms with van der Waals surface area (Å²) >= 11 is 0. The number of aromatic nitrogens is 4. The van der Waals surface area contributed by atoms with Crippen LogP contribution < -0.4 is 5.73 Å². The van der Waals surface area contributed by atoms with Gasteiger partial charge in [-0.3, -0.25) is 5.10 Å². The zero-order valence-corrected chi connectivity index (χ0v) is 6.23. The number of nitrogens with two attached hydrogens (primary N) is 1. The number of aromatic amines is 1. The fraction of sp³-hybridized carbons (Fsp3) is 0. The molecule has 0 aliphatic heterocycles. The summed E-state index contributed by atoms with van der Waals surface area (Å²) in [6.07, 6.45) is 4.66. The first-order valence-electron chi connectivity index (χ1n) is 3.43.